The Kier molecular flexibility index (Phi) is 8.17. The lowest BCUT2D eigenvalue weighted by atomic mass is 9.61. The minimum atomic E-state index is -0.895. The Labute approximate surface area is 175 Å². The van der Waals surface area contributed by atoms with Gasteiger partial charge in [-0.1, -0.05) is 43.1 Å². The fourth-order valence-electron chi connectivity index (χ4n) is 3.83. The molecule has 0 amide bonds. The highest BCUT2D eigenvalue weighted by Crippen LogP contribution is 2.50. The summed E-state index contributed by atoms with van der Waals surface area (Å²) >= 11 is 5.61. The Morgan fingerprint density at radius 3 is 2.34 bits per heavy atom. The minimum absolute atomic E-state index is 0.0814. The fourth-order valence-corrected chi connectivity index (χ4v) is 3.96. The largest absolute Gasteiger partial charge is 0.490 e. The van der Waals surface area contributed by atoms with Crippen molar-refractivity contribution in [1.29, 1.82) is 0 Å². The number of fused-ring (bicyclic) bond motifs is 3. The molecule has 2 aliphatic rings. The summed E-state index contributed by atoms with van der Waals surface area (Å²) in [6.45, 7) is 5.87. The van der Waals surface area contributed by atoms with Crippen molar-refractivity contribution in [2.24, 2.45) is 5.92 Å². The average molecular weight is 425 g/mol. The van der Waals surface area contributed by atoms with Crippen molar-refractivity contribution in [3.63, 3.8) is 0 Å². The highest BCUT2D eigenvalue weighted by Gasteiger charge is 2.50. The van der Waals surface area contributed by atoms with E-state index < -0.39 is 17.0 Å². The molecule has 1 N–H and O–H groups in total. The van der Waals surface area contributed by atoms with E-state index in [-0.39, 0.29) is 49.1 Å². The summed E-state index contributed by atoms with van der Waals surface area (Å²) in [5.74, 6) is -1.52. The van der Waals surface area contributed by atoms with Gasteiger partial charge in [0.2, 0.25) is 0 Å². The van der Waals surface area contributed by atoms with Crippen LogP contribution in [0.15, 0.2) is 36.4 Å². The molecule has 1 fully saturated rings. The van der Waals surface area contributed by atoms with Gasteiger partial charge in [-0.15, -0.1) is 0 Å². The summed E-state index contributed by atoms with van der Waals surface area (Å²) in [5.41, 5.74) is 0.446. The second kappa shape index (κ2) is 10.2. The molecule has 1 aliphatic carbocycles. The Bertz CT molecular complexity index is 818. The van der Waals surface area contributed by atoms with Crippen LogP contribution in [0.1, 0.15) is 44.2 Å². The number of ketones is 1. The van der Waals surface area contributed by atoms with Gasteiger partial charge >= 0.3 is 0 Å². The normalized spacial score (nSPS) is 22.0. The highest BCUT2D eigenvalue weighted by atomic mass is 35.5. The third-order valence-electron chi connectivity index (χ3n) is 5.38. The van der Waals surface area contributed by atoms with Crippen LogP contribution in [0.2, 0.25) is 5.02 Å². The van der Waals surface area contributed by atoms with E-state index in [1.54, 1.807) is 0 Å². The molecule has 2 atom stereocenters. The van der Waals surface area contributed by atoms with Gasteiger partial charge in [0, 0.05) is 34.8 Å². The summed E-state index contributed by atoms with van der Waals surface area (Å²) in [7, 11) is 0. The zero-order chi connectivity index (χ0) is 21.6. The van der Waals surface area contributed by atoms with Crippen LogP contribution < -0.4 is 4.74 Å². The SMILES string of the molecule is CC.Cc1ccc(Cl)cc1.O=C1CCC2(CO)c3c(F)ccc(F)c3OCC2C1. The second-order valence-corrected chi connectivity index (χ2v) is 7.53. The van der Waals surface area contributed by atoms with Crippen LogP contribution >= 0.6 is 11.6 Å². The Balaban J connectivity index is 0.000000252. The molecule has 2 unspecified atom stereocenters. The molecule has 0 aromatic heterocycles. The van der Waals surface area contributed by atoms with Gasteiger partial charge in [-0.25, -0.2) is 8.78 Å². The molecule has 6 heteroatoms. The van der Waals surface area contributed by atoms with E-state index in [9.17, 15) is 18.7 Å². The molecule has 158 valence electrons. The number of hydrogen-bond acceptors (Lipinski definition) is 3. The zero-order valence-corrected chi connectivity index (χ0v) is 17.7. The van der Waals surface area contributed by atoms with Crippen molar-refractivity contribution >= 4 is 17.4 Å². The number of benzene rings is 2. The Hall–Kier alpha value is -1.98. The number of aliphatic hydroxyl groups excluding tert-OH is 1. The maximum absolute atomic E-state index is 14.1. The summed E-state index contributed by atoms with van der Waals surface area (Å²) in [6, 6.07) is 9.82. The Morgan fingerprint density at radius 2 is 1.76 bits per heavy atom. The monoisotopic (exact) mass is 424 g/mol. The van der Waals surface area contributed by atoms with Crippen molar-refractivity contribution < 1.29 is 23.4 Å². The topological polar surface area (TPSA) is 46.5 Å². The lowest BCUT2D eigenvalue weighted by molar-refractivity contribution is -0.125. The number of carbonyl (C=O) groups is 1. The van der Waals surface area contributed by atoms with Gasteiger partial charge in [-0.3, -0.25) is 4.79 Å². The number of rotatable bonds is 1. The van der Waals surface area contributed by atoms with E-state index in [0.717, 1.165) is 17.2 Å². The van der Waals surface area contributed by atoms with Gasteiger partial charge in [0.15, 0.2) is 11.6 Å². The molecule has 0 saturated heterocycles. The van der Waals surface area contributed by atoms with E-state index >= 15 is 0 Å². The van der Waals surface area contributed by atoms with Gasteiger partial charge in [0.05, 0.1) is 13.2 Å². The first-order valence-corrected chi connectivity index (χ1v) is 10.2. The number of aliphatic hydroxyl groups is 1. The second-order valence-electron chi connectivity index (χ2n) is 7.09. The van der Waals surface area contributed by atoms with Crippen LogP contribution in [0.3, 0.4) is 0 Å². The number of Topliss-reactive ketones (excluding diaryl/α,β-unsaturated/α-hetero) is 1. The number of carbonyl (C=O) groups excluding carboxylic acids is 1. The molecule has 29 heavy (non-hydrogen) atoms. The first-order chi connectivity index (χ1) is 13.9. The lowest BCUT2D eigenvalue weighted by Crippen LogP contribution is -2.49. The van der Waals surface area contributed by atoms with Crippen molar-refractivity contribution in [1.82, 2.24) is 0 Å². The maximum Gasteiger partial charge on any atom is 0.165 e. The first-order valence-electron chi connectivity index (χ1n) is 9.83. The van der Waals surface area contributed by atoms with Gasteiger partial charge in [0.25, 0.3) is 0 Å². The van der Waals surface area contributed by atoms with Crippen molar-refractivity contribution in [2.75, 3.05) is 13.2 Å². The fraction of sp³-hybridized carbons (Fsp3) is 0.435. The molecule has 1 aliphatic heterocycles. The third-order valence-corrected chi connectivity index (χ3v) is 5.64. The maximum atomic E-state index is 14.1. The van der Waals surface area contributed by atoms with Gasteiger partial charge < -0.3 is 9.84 Å². The van der Waals surface area contributed by atoms with E-state index in [0.29, 0.717) is 6.42 Å². The summed E-state index contributed by atoms with van der Waals surface area (Å²) in [5, 5.41) is 10.6. The van der Waals surface area contributed by atoms with Gasteiger partial charge in [0.1, 0.15) is 11.6 Å². The van der Waals surface area contributed by atoms with Crippen LogP contribution in [-0.4, -0.2) is 24.1 Å². The molecule has 2 aromatic rings. The van der Waals surface area contributed by atoms with Crippen molar-refractivity contribution in [3.8, 4) is 5.75 Å². The quantitative estimate of drug-likeness (QED) is 0.645. The van der Waals surface area contributed by atoms with Crippen LogP contribution in [0.5, 0.6) is 5.75 Å². The molecule has 3 nitrogen and oxygen atoms in total. The standard InChI is InChI=1S/C14H14F2O3.C7H7Cl.C2H6/c15-10-1-2-11(16)13-12(10)14(7-17)4-3-9(18)5-8(14)6-19-13;1-6-2-4-7(8)5-3-6;1-2/h1-2,8,17H,3-7H2;2-5H,1H3;1-2H3. The van der Waals surface area contributed by atoms with Gasteiger partial charge in [-0.05, 0) is 37.6 Å². The zero-order valence-electron chi connectivity index (χ0n) is 17.0. The van der Waals surface area contributed by atoms with Crippen LogP contribution in [0, 0.1) is 24.5 Å². The van der Waals surface area contributed by atoms with Crippen LogP contribution in [0.4, 0.5) is 8.78 Å². The third kappa shape index (κ3) is 4.96. The molecule has 0 radical (unpaired) electrons. The average Bonchev–Trinajstić information content (AvgIpc) is 2.74. The minimum Gasteiger partial charge on any atom is -0.490 e. The van der Waals surface area contributed by atoms with E-state index in [2.05, 4.69) is 0 Å². The van der Waals surface area contributed by atoms with Gasteiger partial charge in [-0.2, -0.15) is 0 Å². The smallest absolute Gasteiger partial charge is 0.165 e. The van der Waals surface area contributed by atoms with Crippen molar-refractivity contribution in [3.05, 3.63) is 64.2 Å². The van der Waals surface area contributed by atoms with Crippen molar-refractivity contribution in [2.45, 2.75) is 45.4 Å². The molecule has 2 aromatic carbocycles. The molecule has 0 bridgehead atoms. The lowest BCUT2D eigenvalue weighted by Gasteiger charge is -2.46. The molecule has 4 rings (SSSR count). The number of halogens is 3. The predicted molar refractivity (Wildman–Crippen MR) is 111 cm³/mol. The van der Waals surface area contributed by atoms with Crippen LogP contribution in [-0.2, 0) is 10.2 Å². The molecular weight excluding hydrogens is 398 g/mol. The predicted octanol–water partition coefficient (Wildman–Crippen LogP) is 5.63. The molecular formula is C23H27ClF2O3. The Morgan fingerprint density at radius 1 is 1.14 bits per heavy atom. The van der Waals surface area contributed by atoms with E-state index in [4.69, 9.17) is 16.3 Å². The first kappa shape index (κ1) is 23.3. The summed E-state index contributed by atoms with van der Waals surface area (Å²) in [4.78, 5) is 11.5. The highest BCUT2D eigenvalue weighted by molar-refractivity contribution is 6.30. The van der Waals surface area contributed by atoms with Crippen LogP contribution in [0.25, 0.3) is 0 Å². The van der Waals surface area contributed by atoms with E-state index in [1.165, 1.54) is 5.56 Å². The summed E-state index contributed by atoms with van der Waals surface area (Å²) < 4.78 is 33.2. The molecule has 1 heterocycles. The van der Waals surface area contributed by atoms with E-state index in [1.807, 2.05) is 45.0 Å². The number of hydrogen-bond donors (Lipinski definition) is 1. The number of aryl methyl sites for hydroxylation is 1. The number of ether oxygens (including phenoxy) is 1. The molecule has 0 spiro atoms. The summed E-state index contributed by atoms with van der Waals surface area (Å²) in [6.07, 6.45) is 0.867. The molecule has 1 saturated carbocycles.